The summed E-state index contributed by atoms with van der Waals surface area (Å²) < 4.78 is 12.9. The third-order valence-corrected chi connectivity index (χ3v) is 4.97. The SMILES string of the molecule is CC(C)[C@H](NC(=O)/C=C/c1ccc(F)cc1)C(=O)N[C@H](C=O)CC1CCCNC1=O. The normalized spacial score (nSPS) is 18.5. The van der Waals surface area contributed by atoms with Gasteiger partial charge >= 0.3 is 0 Å². The minimum Gasteiger partial charge on any atom is -0.356 e. The Balaban J connectivity index is 1.95. The van der Waals surface area contributed by atoms with Crippen LogP contribution in [-0.4, -0.2) is 42.6 Å². The van der Waals surface area contributed by atoms with E-state index in [0.717, 1.165) is 6.42 Å². The number of hydrogen-bond donors (Lipinski definition) is 3. The summed E-state index contributed by atoms with van der Waals surface area (Å²) in [5.74, 6) is -1.99. The number of carbonyl (C=O) groups excluding carboxylic acids is 4. The smallest absolute Gasteiger partial charge is 0.244 e. The van der Waals surface area contributed by atoms with Crippen molar-refractivity contribution in [2.75, 3.05) is 6.54 Å². The van der Waals surface area contributed by atoms with Crippen LogP contribution in [0, 0.1) is 17.7 Å². The molecule has 7 nitrogen and oxygen atoms in total. The van der Waals surface area contributed by atoms with Crippen LogP contribution >= 0.6 is 0 Å². The fourth-order valence-electron chi connectivity index (χ4n) is 3.27. The van der Waals surface area contributed by atoms with Crippen molar-refractivity contribution < 1.29 is 23.6 Å². The van der Waals surface area contributed by atoms with E-state index in [9.17, 15) is 23.6 Å². The molecule has 1 fully saturated rings. The van der Waals surface area contributed by atoms with Gasteiger partial charge in [-0.25, -0.2) is 4.39 Å². The highest BCUT2D eigenvalue weighted by Gasteiger charge is 2.29. The molecule has 0 radical (unpaired) electrons. The van der Waals surface area contributed by atoms with Gasteiger partial charge in [-0.1, -0.05) is 26.0 Å². The highest BCUT2D eigenvalue weighted by molar-refractivity contribution is 5.96. The first-order chi connectivity index (χ1) is 14.3. The minimum atomic E-state index is -0.849. The van der Waals surface area contributed by atoms with Gasteiger partial charge in [0.25, 0.3) is 0 Å². The van der Waals surface area contributed by atoms with Gasteiger partial charge < -0.3 is 20.7 Å². The lowest BCUT2D eigenvalue weighted by molar-refractivity contribution is -0.131. The molecule has 1 unspecified atom stereocenters. The second-order valence-electron chi connectivity index (χ2n) is 7.73. The third-order valence-electron chi connectivity index (χ3n) is 4.97. The number of piperidine rings is 1. The summed E-state index contributed by atoms with van der Waals surface area (Å²) in [4.78, 5) is 48.3. The van der Waals surface area contributed by atoms with E-state index in [1.54, 1.807) is 13.8 Å². The van der Waals surface area contributed by atoms with Crippen LogP contribution in [-0.2, 0) is 19.2 Å². The summed E-state index contributed by atoms with van der Waals surface area (Å²) in [6.07, 6.45) is 5.13. The van der Waals surface area contributed by atoms with E-state index in [0.29, 0.717) is 24.8 Å². The van der Waals surface area contributed by atoms with Gasteiger partial charge in [0.1, 0.15) is 18.1 Å². The molecule has 0 aromatic heterocycles. The van der Waals surface area contributed by atoms with Crippen molar-refractivity contribution in [3.05, 3.63) is 41.7 Å². The molecule has 1 aliphatic rings. The van der Waals surface area contributed by atoms with Gasteiger partial charge in [-0.05, 0) is 49.0 Å². The summed E-state index contributed by atoms with van der Waals surface area (Å²) in [6, 6.07) is 3.98. The quantitative estimate of drug-likeness (QED) is 0.419. The number of benzene rings is 1. The Morgan fingerprint density at radius 2 is 1.93 bits per heavy atom. The molecule has 1 aliphatic heterocycles. The number of hydrogen-bond acceptors (Lipinski definition) is 4. The van der Waals surface area contributed by atoms with Crippen LogP contribution in [0.1, 0.15) is 38.7 Å². The highest BCUT2D eigenvalue weighted by atomic mass is 19.1. The molecular weight excluding hydrogens is 389 g/mol. The van der Waals surface area contributed by atoms with Crippen LogP contribution in [0.2, 0.25) is 0 Å². The minimum absolute atomic E-state index is 0.109. The first-order valence-corrected chi connectivity index (χ1v) is 10.1. The zero-order valence-corrected chi connectivity index (χ0v) is 17.2. The fraction of sp³-hybridized carbons (Fsp3) is 0.455. The van der Waals surface area contributed by atoms with E-state index in [1.165, 1.54) is 36.4 Å². The number of amides is 3. The molecular formula is C22H28FN3O4. The number of halogens is 1. The highest BCUT2D eigenvalue weighted by Crippen LogP contribution is 2.17. The zero-order chi connectivity index (χ0) is 22.1. The lowest BCUT2D eigenvalue weighted by Gasteiger charge is -2.26. The molecule has 1 saturated heterocycles. The molecule has 3 N–H and O–H groups in total. The Morgan fingerprint density at radius 3 is 2.53 bits per heavy atom. The molecule has 8 heteroatoms. The summed E-state index contributed by atoms with van der Waals surface area (Å²) in [6.45, 7) is 4.18. The maximum atomic E-state index is 12.9. The molecule has 0 bridgehead atoms. The van der Waals surface area contributed by atoms with Crippen LogP contribution in [0.15, 0.2) is 30.3 Å². The maximum absolute atomic E-state index is 12.9. The van der Waals surface area contributed by atoms with Crippen molar-refractivity contribution in [3.63, 3.8) is 0 Å². The second-order valence-corrected chi connectivity index (χ2v) is 7.73. The summed E-state index contributed by atoms with van der Waals surface area (Å²) in [5.41, 5.74) is 0.642. The number of nitrogens with one attached hydrogen (secondary N) is 3. The van der Waals surface area contributed by atoms with Gasteiger partial charge in [0.15, 0.2) is 0 Å². The van der Waals surface area contributed by atoms with Gasteiger partial charge in [-0.15, -0.1) is 0 Å². The van der Waals surface area contributed by atoms with E-state index >= 15 is 0 Å². The van der Waals surface area contributed by atoms with E-state index in [-0.39, 0.29) is 30.0 Å². The summed E-state index contributed by atoms with van der Waals surface area (Å²) in [5, 5.41) is 8.03. The summed E-state index contributed by atoms with van der Waals surface area (Å²) >= 11 is 0. The molecule has 2 rings (SSSR count). The number of aldehydes is 1. The van der Waals surface area contributed by atoms with Crippen molar-refractivity contribution in [3.8, 4) is 0 Å². The molecule has 0 spiro atoms. The van der Waals surface area contributed by atoms with Crippen molar-refractivity contribution in [2.24, 2.45) is 11.8 Å². The Labute approximate surface area is 175 Å². The largest absolute Gasteiger partial charge is 0.356 e. The van der Waals surface area contributed by atoms with Gasteiger partial charge in [0.2, 0.25) is 17.7 Å². The molecule has 1 aromatic carbocycles. The molecule has 0 aliphatic carbocycles. The van der Waals surface area contributed by atoms with Crippen LogP contribution in [0.3, 0.4) is 0 Å². The average Bonchev–Trinajstić information content (AvgIpc) is 2.72. The topological polar surface area (TPSA) is 104 Å². The predicted octanol–water partition coefficient (Wildman–Crippen LogP) is 1.58. The molecule has 30 heavy (non-hydrogen) atoms. The zero-order valence-electron chi connectivity index (χ0n) is 17.2. The van der Waals surface area contributed by atoms with Gasteiger partial charge in [0, 0.05) is 18.5 Å². The van der Waals surface area contributed by atoms with Gasteiger partial charge in [-0.3, -0.25) is 14.4 Å². The molecule has 3 amide bonds. The van der Waals surface area contributed by atoms with E-state index in [2.05, 4.69) is 16.0 Å². The van der Waals surface area contributed by atoms with Crippen LogP contribution in [0.4, 0.5) is 4.39 Å². The Hall–Kier alpha value is -3.03. The maximum Gasteiger partial charge on any atom is 0.244 e. The van der Waals surface area contributed by atoms with Gasteiger partial charge in [-0.2, -0.15) is 0 Å². The Morgan fingerprint density at radius 1 is 1.23 bits per heavy atom. The fourth-order valence-corrected chi connectivity index (χ4v) is 3.27. The first kappa shape index (κ1) is 23.3. The standard InChI is InChI=1S/C22H28FN3O4/c1-14(2)20(26-19(28)10-7-15-5-8-17(23)9-6-15)22(30)25-18(13-27)12-16-4-3-11-24-21(16)29/h5-10,13-14,16,18,20H,3-4,11-12H2,1-2H3,(H,24,29)(H,25,30)(H,26,28)/b10-7+/t16?,18-,20-/m0/s1. The van der Waals surface area contributed by atoms with Crippen molar-refractivity contribution in [2.45, 2.75) is 45.2 Å². The monoisotopic (exact) mass is 417 g/mol. The van der Waals surface area contributed by atoms with E-state index in [1.807, 2.05) is 0 Å². The Bertz CT molecular complexity index is 792. The molecule has 3 atom stereocenters. The van der Waals surface area contributed by atoms with Crippen LogP contribution < -0.4 is 16.0 Å². The van der Waals surface area contributed by atoms with Gasteiger partial charge in [0.05, 0.1) is 6.04 Å². The van der Waals surface area contributed by atoms with Crippen LogP contribution in [0.25, 0.3) is 6.08 Å². The Kier molecular flexibility index (Phi) is 8.70. The number of rotatable bonds is 9. The van der Waals surface area contributed by atoms with Crippen molar-refractivity contribution in [1.29, 1.82) is 0 Å². The predicted molar refractivity (Wildman–Crippen MR) is 111 cm³/mol. The first-order valence-electron chi connectivity index (χ1n) is 10.1. The van der Waals surface area contributed by atoms with E-state index in [4.69, 9.17) is 0 Å². The third kappa shape index (κ3) is 7.09. The lowest BCUT2D eigenvalue weighted by atomic mass is 9.91. The average molecular weight is 417 g/mol. The van der Waals surface area contributed by atoms with Crippen molar-refractivity contribution >= 4 is 30.1 Å². The lowest BCUT2D eigenvalue weighted by Crippen LogP contribution is -2.53. The summed E-state index contributed by atoms with van der Waals surface area (Å²) in [7, 11) is 0. The molecule has 0 saturated carbocycles. The number of carbonyl (C=O) groups is 4. The van der Waals surface area contributed by atoms with Crippen molar-refractivity contribution in [1.82, 2.24) is 16.0 Å². The molecule has 1 heterocycles. The molecule has 1 aromatic rings. The van der Waals surface area contributed by atoms with E-state index < -0.39 is 23.9 Å². The second kappa shape index (κ2) is 11.2. The molecule has 162 valence electrons. The van der Waals surface area contributed by atoms with Crippen LogP contribution in [0.5, 0.6) is 0 Å².